The molecule has 1 rings (SSSR count). The van der Waals surface area contributed by atoms with E-state index < -0.39 is 5.97 Å². The van der Waals surface area contributed by atoms with E-state index in [0.29, 0.717) is 18.5 Å². The second kappa shape index (κ2) is 8.13. The van der Waals surface area contributed by atoms with Gasteiger partial charge in [-0.05, 0) is 37.1 Å². The molecule has 5 nitrogen and oxygen atoms in total. The lowest BCUT2D eigenvalue weighted by atomic mass is 10.1. The second-order valence-electron chi connectivity index (χ2n) is 4.36. The first-order valence-electron chi connectivity index (χ1n) is 6.38. The number of aromatic hydroxyl groups is 1. The van der Waals surface area contributed by atoms with Crippen LogP contribution < -0.4 is 5.32 Å². The zero-order chi connectivity index (χ0) is 14.1. The number of amides is 1. The molecular formula is C14H19NO4. The van der Waals surface area contributed by atoms with Crippen LogP contribution in [0.25, 0.3) is 0 Å². The molecule has 0 aliphatic heterocycles. The SMILES string of the molecule is O=C(O)CCCCCCNC(=O)c1ccc(O)cc1. The van der Waals surface area contributed by atoms with E-state index in [1.54, 1.807) is 12.1 Å². The Labute approximate surface area is 112 Å². The van der Waals surface area contributed by atoms with Crippen molar-refractivity contribution >= 4 is 11.9 Å². The molecule has 0 aromatic heterocycles. The van der Waals surface area contributed by atoms with Crippen molar-refractivity contribution in [3.63, 3.8) is 0 Å². The lowest BCUT2D eigenvalue weighted by Crippen LogP contribution is -2.24. The van der Waals surface area contributed by atoms with Crippen LogP contribution in [0, 0.1) is 0 Å². The molecule has 1 aromatic carbocycles. The number of rotatable bonds is 8. The van der Waals surface area contributed by atoms with E-state index in [-0.39, 0.29) is 18.1 Å². The van der Waals surface area contributed by atoms with Gasteiger partial charge in [-0.3, -0.25) is 9.59 Å². The van der Waals surface area contributed by atoms with Crippen LogP contribution in [0.5, 0.6) is 5.75 Å². The Morgan fingerprint density at radius 1 is 1.00 bits per heavy atom. The van der Waals surface area contributed by atoms with Crippen molar-refractivity contribution in [2.75, 3.05) is 6.54 Å². The van der Waals surface area contributed by atoms with Crippen molar-refractivity contribution in [1.82, 2.24) is 5.32 Å². The molecule has 0 radical (unpaired) electrons. The molecule has 1 amide bonds. The van der Waals surface area contributed by atoms with E-state index in [1.807, 2.05) is 0 Å². The molecule has 19 heavy (non-hydrogen) atoms. The molecule has 0 saturated heterocycles. The number of carbonyl (C=O) groups excluding carboxylic acids is 1. The molecule has 5 heteroatoms. The number of carboxylic acids is 1. The van der Waals surface area contributed by atoms with E-state index in [0.717, 1.165) is 19.3 Å². The van der Waals surface area contributed by atoms with Gasteiger partial charge in [0, 0.05) is 18.5 Å². The molecule has 0 atom stereocenters. The number of carbonyl (C=O) groups is 2. The summed E-state index contributed by atoms with van der Waals surface area (Å²) < 4.78 is 0. The molecule has 0 bridgehead atoms. The van der Waals surface area contributed by atoms with Gasteiger partial charge in [-0.15, -0.1) is 0 Å². The van der Waals surface area contributed by atoms with Crippen LogP contribution in [0.1, 0.15) is 42.5 Å². The maximum absolute atomic E-state index is 11.7. The Morgan fingerprint density at radius 3 is 2.26 bits per heavy atom. The summed E-state index contributed by atoms with van der Waals surface area (Å²) in [4.78, 5) is 21.9. The third-order valence-corrected chi connectivity index (χ3v) is 2.73. The van der Waals surface area contributed by atoms with E-state index in [9.17, 15) is 9.59 Å². The molecule has 0 spiro atoms. The smallest absolute Gasteiger partial charge is 0.303 e. The first-order valence-corrected chi connectivity index (χ1v) is 6.38. The van der Waals surface area contributed by atoms with Crippen molar-refractivity contribution in [2.24, 2.45) is 0 Å². The summed E-state index contributed by atoms with van der Waals surface area (Å²) in [6.45, 7) is 0.576. The van der Waals surface area contributed by atoms with Crippen molar-refractivity contribution in [3.8, 4) is 5.75 Å². The summed E-state index contributed by atoms with van der Waals surface area (Å²) in [6.07, 6.45) is 3.50. The predicted octanol–water partition coefficient (Wildman–Crippen LogP) is 2.16. The highest BCUT2D eigenvalue weighted by atomic mass is 16.4. The highest BCUT2D eigenvalue weighted by Crippen LogP contribution is 2.09. The highest BCUT2D eigenvalue weighted by Gasteiger charge is 2.04. The van der Waals surface area contributed by atoms with Gasteiger partial charge in [-0.25, -0.2) is 0 Å². The molecule has 0 aliphatic rings. The lowest BCUT2D eigenvalue weighted by Gasteiger charge is -2.05. The monoisotopic (exact) mass is 265 g/mol. The van der Waals surface area contributed by atoms with Gasteiger partial charge in [0.05, 0.1) is 0 Å². The van der Waals surface area contributed by atoms with Crippen LogP contribution in [0.2, 0.25) is 0 Å². The molecule has 0 fully saturated rings. The summed E-state index contributed by atoms with van der Waals surface area (Å²) in [7, 11) is 0. The zero-order valence-electron chi connectivity index (χ0n) is 10.8. The maximum atomic E-state index is 11.7. The predicted molar refractivity (Wildman–Crippen MR) is 71.2 cm³/mol. The third-order valence-electron chi connectivity index (χ3n) is 2.73. The Hall–Kier alpha value is -2.04. The largest absolute Gasteiger partial charge is 0.508 e. The number of hydrogen-bond acceptors (Lipinski definition) is 3. The number of phenols is 1. The van der Waals surface area contributed by atoms with Crippen LogP contribution in [-0.2, 0) is 4.79 Å². The highest BCUT2D eigenvalue weighted by molar-refractivity contribution is 5.94. The molecule has 0 aliphatic carbocycles. The lowest BCUT2D eigenvalue weighted by molar-refractivity contribution is -0.137. The average Bonchev–Trinajstić information content (AvgIpc) is 2.38. The number of aliphatic carboxylic acids is 1. The number of carboxylic acid groups (broad SMARTS) is 1. The average molecular weight is 265 g/mol. The molecule has 0 heterocycles. The standard InChI is InChI=1S/C14H19NO4/c16-12-8-6-11(7-9-12)14(19)15-10-4-2-1-3-5-13(17)18/h6-9,16H,1-5,10H2,(H,15,19)(H,17,18). The van der Waals surface area contributed by atoms with Gasteiger partial charge < -0.3 is 15.5 Å². The third kappa shape index (κ3) is 6.45. The van der Waals surface area contributed by atoms with Crippen LogP contribution in [0.3, 0.4) is 0 Å². The van der Waals surface area contributed by atoms with E-state index in [1.165, 1.54) is 12.1 Å². The van der Waals surface area contributed by atoms with Crippen LogP contribution in [0.4, 0.5) is 0 Å². The second-order valence-corrected chi connectivity index (χ2v) is 4.36. The number of benzene rings is 1. The number of hydrogen-bond donors (Lipinski definition) is 3. The normalized spacial score (nSPS) is 10.1. The molecule has 0 unspecified atom stereocenters. The Kier molecular flexibility index (Phi) is 6.43. The van der Waals surface area contributed by atoms with Gasteiger partial charge in [0.15, 0.2) is 0 Å². The molecule has 1 aromatic rings. The fourth-order valence-corrected chi connectivity index (χ4v) is 1.67. The first kappa shape index (κ1) is 15.0. The minimum Gasteiger partial charge on any atom is -0.508 e. The Morgan fingerprint density at radius 2 is 1.63 bits per heavy atom. The van der Waals surface area contributed by atoms with Gasteiger partial charge >= 0.3 is 5.97 Å². The number of unbranched alkanes of at least 4 members (excludes halogenated alkanes) is 3. The number of nitrogens with one attached hydrogen (secondary N) is 1. The molecule has 3 N–H and O–H groups in total. The Balaban J connectivity index is 2.11. The van der Waals surface area contributed by atoms with Crippen molar-refractivity contribution in [2.45, 2.75) is 32.1 Å². The molecule has 0 saturated carbocycles. The summed E-state index contributed by atoms with van der Waals surface area (Å²) in [5.74, 6) is -0.791. The minimum absolute atomic E-state index is 0.134. The van der Waals surface area contributed by atoms with E-state index in [2.05, 4.69) is 5.32 Å². The summed E-state index contributed by atoms with van der Waals surface area (Å²) in [5, 5.41) is 20.3. The first-order chi connectivity index (χ1) is 9.09. The maximum Gasteiger partial charge on any atom is 0.303 e. The minimum atomic E-state index is -0.763. The Bertz CT molecular complexity index is 414. The number of phenolic OH excluding ortho intramolecular Hbond substituents is 1. The topological polar surface area (TPSA) is 86.6 Å². The molecule has 104 valence electrons. The van der Waals surface area contributed by atoms with Gasteiger partial charge in [0.2, 0.25) is 0 Å². The van der Waals surface area contributed by atoms with Gasteiger partial charge in [0.1, 0.15) is 5.75 Å². The van der Waals surface area contributed by atoms with Crippen LogP contribution >= 0.6 is 0 Å². The van der Waals surface area contributed by atoms with Gasteiger partial charge in [0.25, 0.3) is 5.91 Å². The van der Waals surface area contributed by atoms with E-state index >= 15 is 0 Å². The quantitative estimate of drug-likeness (QED) is 0.629. The van der Waals surface area contributed by atoms with Gasteiger partial charge in [-0.2, -0.15) is 0 Å². The van der Waals surface area contributed by atoms with Crippen molar-refractivity contribution in [1.29, 1.82) is 0 Å². The van der Waals surface area contributed by atoms with Gasteiger partial charge in [-0.1, -0.05) is 12.8 Å². The van der Waals surface area contributed by atoms with E-state index in [4.69, 9.17) is 10.2 Å². The summed E-state index contributed by atoms with van der Waals surface area (Å²) in [6, 6.07) is 6.08. The van der Waals surface area contributed by atoms with Crippen molar-refractivity contribution in [3.05, 3.63) is 29.8 Å². The van der Waals surface area contributed by atoms with Crippen LogP contribution in [0.15, 0.2) is 24.3 Å². The van der Waals surface area contributed by atoms with Crippen LogP contribution in [-0.4, -0.2) is 28.6 Å². The fourth-order valence-electron chi connectivity index (χ4n) is 1.67. The fraction of sp³-hybridized carbons (Fsp3) is 0.429. The summed E-state index contributed by atoms with van der Waals surface area (Å²) >= 11 is 0. The molecular weight excluding hydrogens is 246 g/mol. The zero-order valence-corrected chi connectivity index (χ0v) is 10.8. The summed E-state index contributed by atoms with van der Waals surface area (Å²) in [5.41, 5.74) is 0.517. The van der Waals surface area contributed by atoms with Crippen molar-refractivity contribution < 1.29 is 19.8 Å².